The van der Waals surface area contributed by atoms with Crippen molar-refractivity contribution in [3.05, 3.63) is 70.5 Å². The Kier molecular flexibility index (Phi) is 4.94. The van der Waals surface area contributed by atoms with E-state index in [1.165, 1.54) is 18.2 Å². The van der Waals surface area contributed by atoms with Crippen LogP contribution in [-0.2, 0) is 4.79 Å². The van der Waals surface area contributed by atoms with E-state index in [2.05, 4.69) is 5.32 Å². The zero-order valence-corrected chi connectivity index (χ0v) is 12.1. The van der Waals surface area contributed by atoms with Gasteiger partial charge in [0.25, 0.3) is 5.91 Å². The second-order valence-electron chi connectivity index (χ2n) is 4.71. The van der Waals surface area contributed by atoms with Crippen molar-refractivity contribution in [2.45, 2.75) is 19.1 Å². The Hall–Kier alpha value is -1.91. The van der Waals surface area contributed by atoms with E-state index in [4.69, 9.17) is 11.6 Å². The summed E-state index contributed by atoms with van der Waals surface area (Å²) in [4.78, 5) is 12.0. The van der Waals surface area contributed by atoms with Gasteiger partial charge in [-0.2, -0.15) is 0 Å². The molecule has 0 fully saturated rings. The van der Waals surface area contributed by atoms with Crippen molar-refractivity contribution in [1.82, 2.24) is 5.32 Å². The third kappa shape index (κ3) is 3.80. The van der Waals surface area contributed by atoms with Gasteiger partial charge in [-0.05, 0) is 30.2 Å². The predicted octanol–water partition coefficient (Wildman–Crippen LogP) is 3.39. The molecule has 2 N–H and O–H groups in total. The molecule has 2 unspecified atom stereocenters. The number of halogens is 2. The summed E-state index contributed by atoms with van der Waals surface area (Å²) in [6.07, 6.45) is -1.26. The Labute approximate surface area is 127 Å². The Balaban J connectivity index is 2.08. The predicted molar refractivity (Wildman–Crippen MR) is 79.4 cm³/mol. The van der Waals surface area contributed by atoms with Gasteiger partial charge in [0.05, 0.1) is 6.04 Å². The molecule has 0 aliphatic rings. The number of carbonyl (C=O) groups is 1. The van der Waals surface area contributed by atoms with Crippen molar-refractivity contribution in [3.63, 3.8) is 0 Å². The summed E-state index contributed by atoms with van der Waals surface area (Å²) in [6, 6.07) is 12.2. The molecule has 0 bridgehead atoms. The van der Waals surface area contributed by atoms with Crippen molar-refractivity contribution in [2.24, 2.45) is 0 Å². The van der Waals surface area contributed by atoms with Gasteiger partial charge < -0.3 is 10.4 Å². The molecule has 0 radical (unpaired) electrons. The number of rotatable bonds is 4. The van der Waals surface area contributed by atoms with E-state index in [1.54, 1.807) is 37.3 Å². The van der Waals surface area contributed by atoms with Crippen molar-refractivity contribution in [2.75, 3.05) is 0 Å². The summed E-state index contributed by atoms with van der Waals surface area (Å²) in [7, 11) is 0. The third-order valence-electron chi connectivity index (χ3n) is 3.15. The Bertz CT molecular complexity index is 633. The highest BCUT2D eigenvalue weighted by atomic mass is 35.5. The molecule has 2 aromatic carbocycles. The molecule has 2 atom stereocenters. The average molecular weight is 308 g/mol. The Morgan fingerprint density at radius 3 is 2.52 bits per heavy atom. The first-order chi connectivity index (χ1) is 9.99. The smallest absolute Gasteiger partial charge is 0.253 e. The first kappa shape index (κ1) is 15.5. The molecule has 0 aliphatic heterocycles. The monoisotopic (exact) mass is 307 g/mol. The average Bonchev–Trinajstić information content (AvgIpc) is 2.47. The summed E-state index contributed by atoms with van der Waals surface area (Å²) >= 11 is 5.95. The van der Waals surface area contributed by atoms with Crippen LogP contribution in [0.5, 0.6) is 0 Å². The van der Waals surface area contributed by atoms with Crippen molar-refractivity contribution in [3.8, 4) is 0 Å². The molecule has 0 heterocycles. The van der Waals surface area contributed by atoms with E-state index in [0.29, 0.717) is 11.1 Å². The van der Waals surface area contributed by atoms with Gasteiger partial charge in [-0.15, -0.1) is 0 Å². The van der Waals surface area contributed by atoms with Crippen LogP contribution >= 0.6 is 11.6 Å². The van der Waals surface area contributed by atoms with Crippen molar-refractivity contribution in [1.29, 1.82) is 0 Å². The summed E-state index contributed by atoms with van der Waals surface area (Å²) < 4.78 is 13.0. The zero-order chi connectivity index (χ0) is 15.4. The molecule has 0 aromatic heterocycles. The Morgan fingerprint density at radius 1 is 1.24 bits per heavy atom. The fourth-order valence-corrected chi connectivity index (χ4v) is 2.34. The molecular weight excluding hydrogens is 293 g/mol. The van der Waals surface area contributed by atoms with E-state index in [1.807, 2.05) is 0 Å². The lowest BCUT2D eigenvalue weighted by Gasteiger charge is -2.18. The van der Waals surface area contributed by atoms with Gasteiger partial charge in [0.1, 0.15) is 5.82 Å². The second-order valence-corrected chi connectivity index (χ2v) is 5.12. The molecule has 0 saturated carbocycles. The van der Waals surface area contributed by atoms with E-state index >= 15 is 0 Å². The molecule has 21 heavy (non-hydrogen) atoms. The summed E-state index contributed by atoms with van der Waals surface area (Å²) in [5.74, 6) is -0.972. The number of nitrogens with one attached hydrogen (secondary N) is 1. The highest BCUT2D eigenvalue weighted by Crippen LogP contribution is 2.24. The molecule has 2 rings (SSSR count). The van der Waals surface area contributed by atoms with Crippen molar-refractivity contribution >= 4 is 17.5 Å². The number of hydrogen-bond donors (Lipinski definition) is 2. The standard InChI is InChI=1S/C16H15ClFNO2/c1-10(13-8-7-12(18)9-14(13)17)19-16(21)15(20)11-5-3-2-4-6-11/h2-10,15,20H,1H3,(H,19,21). The van der Waals surface area contributed by atoms with Crippen LogP contribution in [0.4, 0.5) is 4.39 Å². The maximum absolute atomic E-state index is 13.0. The minimum atomic E-state index is -1.26. The minimum Gasteiger partial charge on any atom is -0.378 e. The van der Waals surface area contributed by atoms with E-state index in [-0.39, 0.29) is 5.02 Å². The van der Waals surface area contributed by atoms with E-state index < -0.39 is 23.9 Å². The fourth-order valence-electron chi connectivity index (χ4n) is 2.01. The van der Waals surface area contributed by atoms with Crippen LogP contribution in [0.15, 0.2) is 48.5 Å². The van der Waals surface area contributed by atoms with Gasteiger partial charge in [0.15, 0.2) is 6.10 Å². The van der Waals surface area contributed by atoms with Crippen LogP contribution in [0.2, 0.25) is 5.02 Å². The quantitative estimate of drug-likeness (QED) is 0.909. The van der Waals surface area contributed by atoms with Crippen LogP contribution in [-0.4, -0.2) is 11.0 Å². The van der Waals surface area contributed by atoms with Crippen LogP contribution in [0.1, 0.15) is 30.2 Å². The van der Waals surface area contributed by atoms with Gasteiger partial charge in [-0.1, -0.05) is 48.0 Å². The molecule has 1 amide bonds. The number of amides is 1. The normalized spacial score (nSPS) is 13.5. The lowest BCUT2D eigenvalue weighted by Crippen LogP contribution is -2.31. The molecule has 0 saturated heterocycles. The second kappa shape index (κ2) is 6.70. The Morgan fingerprint density at radius 2 is 1.90 bits per heavy atom. The van der Waals surface area contributed by atoms with Crippen molar-refractivity contribution < 1.29 is 14.3 Å². The fraction of sp³-hybridized carbons (Fsp3) is 0.188. The van der Waals surface area contributed by atoms with Crippen LogP contribution in [0, 0.1) is 5.82 Å². The highest BCUT2D eigenvalue weighted by molar-refractivity contribution is 6.31. The first-order valence-corrected chi connectivity index (χ1v) is 6.85. The first-order valence-electron chi connectivity index (χ1n) is 6.47. The third-order valence-corrected chi connectivity index (χ3v) is 3.48. The molecular formula is C16H15ClFNO2. The molecule has 5 heteroatoms. The zero-order valence-electron chi connectivity index (χ0n) is 11.4. The lowest BCUT2D eigenvalue weighted by atomic mass is 10.1. The van der Waals surface area contributed by atoms with Crippen LogP contribution in [0.25, 0.3) is 0 Å². The molecule has 110 valence electrons. The molecule has 0 aliphatic carbocycles. The number of aliphatic hydroxyl groups is 1. The molecule has 2 aromatic rings. The van der Waals surface area contributed by atoms with Crippen LogP contribution in [0.3, 0.4) is 0 Å². The van der Waals surface area contributed by atoms with Gasteiger partial charge in [-0.25, -0.2) is 4.39 Å². The lowest BCUT2D eigenvalue weighted by molar-refractivity contribution is -0.130. The minimum absolute atomic E-state index is 0.233. The summed E-state index contributed by atoms with van der Waals surface area (Å²) in [5, 5.41) is 12.9. The largest absolute Gasteiger partial charge is 0.378 e. The SMILES string of the molecule is CC(NC(=O)C(O)c1ccccc1)c1ccc(F)cc1Cl. The van der Waals surface area contributed by atoms with Gasteiger partial charge in [0, 0.05) is 5.02 Å². The van der Waals surface area contributed by atoms with Gasteiger partial charge >= 0.3 is 0 Å². The highest BCUT2D eigenvalue weighted by Gasteiger charge is 2.20. The maximum Gasteiger partial charge on any atom is 0.253 e. The number of aliphatic hydroxyl groups excluding tert-OH is 1. The topological polar surface area (TPSA) is 49.3 Å². The van der Waals surface area contributed by atoms with E-state index in [0.717, 1.165) is 0 Å². The van der Waals surface area contributed by atoms with Gasteiger partial charge in [0.2, 0.25) is 0 Å². The van der Waals surface area contributed by atoms with Crippen LogP contribution < -0.4 is 5.32 Å². The number of benzene rings is 2. The number of hydrogen-bond acceptors (Lipinski definition) is 2. The van der Waals surface area contributed by atoms with Gasteiger partial charge in [-0.3, -0.25) is 4.79 Å². The summed E-state index contributed by atoms with van der Waals surface area (Å²) in [5.41, 5.74) is 1.10. The summed E-state index contributed by atoms with van der Waals surface area (Å²) in [6.45, 7) is 1.72. The number of carbonyl (C=O) groups excluding carboxylic acids is 1. The molecule has 3 nitrogen and oxygen atoms in total. The maximum atomic E-state index is 13.0. The van der Waals surface area contributed by atoms with E-state index in [9.17, 15) is 14.3 Å². The molecule has 0 spiro atoms.